The van der Waals surface area contributed by atoms with E-state index in [1.807, 2.05) is 24.3 Å². The molecule has 0 spiro atoms. The fraction of sp³-hybridized carbons (Fsp3) is 0.300. The van der Waals surface area contributed by atoms with Gasteiger partial charge in [-0.3, -0.25) is 4.79 Å². The Morgan fingerprint density at radius 3 is 2.57 bits per heavy atom. The maximum atomic E-state index is 11.4. The number of para-hydroxylation sites is 1. The number of amides is 1. The van der Waals surface area contributed by atoms with E-state index >= 15 is 0 Å². The number of carbonyl (C=O) groups is 1. The van der Waals surface area contributed by atoms with Crippen LogP contribution in [0, 0.1) is 0 Å². The Labute approximate surface area is 88.0 Å². The van der Waals surface area contributed by atoms with Gasteiger partial charge in [0.1, 0.15) is 5.75 Å². The van der Waals surface area contributed by atoms with Crippen molar-refractivity contribution in [2.24, 2.45) is 0 Å². The molecule has 0 aliphatic carbocycles. The van der Waals surface area contributed by atoms with E-state index in [1.165, 1.54) is 4.90 Å². The monoisotopic (exact) mass is 211 g/mol. The van der Waals surface area contributed by atoms with Crippen LogP contribution in [0.25, 0.3) is 0 Å². The van der Waals surface area contributed by atoms with Crippen molar-refractivity contribution >= 4 is 17.0 Å². The summed E-state index contributed by atoms with van der Waals surface area (Å²) in [7, 11) is 5.05. The molecule has 0 aliphatic heterocycles. The summed E-state index contributed by atoms with van der Waals surface area (Å²) >= 11 is 1.16. The summed E-state index contributed by atoms with van der Waals surface area (Å²) in [6.07, 6.45) is 0. The van der Waals surface area contributed by atoms with Crippen LogP contribution in [0.4, 0.5) is 4.79 Å². The molecule has 3 nitrogen and oxygen atoms in total. The predicted octanol–water partition coefficient (Wildman–Crippen LogP) is 2.47. The Balaban J connectivity index is 2.80. The minimum absolute atomic E-state index is 0.00509. The zero-order valence-corrected chi connectivity index (χ0v) is 9.30. The van der Waals surface area contributed by atoms with E-state index in [-0.39, 0.29) is 5.24 Å². The largest absolute Gasteiger partial charge is 0.496 e. The molecular formula is C10H13NO2S. The van der Waals surface area contributed by atoms with Gasteiger partial charge in [0.15, 0.2) is 0 Å². The van der Waals surface area contributed by atoms with Gasteiger partial charge in [0.05, 0.1) is 12.0 Å². The quantitative estimate of drug-likeness (QED) is 0.704. The lowest BCUT2D eigenvalue weighted by molar-refractivity contribution is 0.241. The maximum absolute atomic E-state index is 11.4. The van der Waals surface area contributed by atoms with E-state index in [9.17, 15) is 4.79 Å². The van der Waals surface area contributed by atoms with Crippen LogP contribution in [0.3, 0.4) is 0 Å². The predicted molar refractivity (Wildman–Crippen MR) is 57.9 cm³/mol. The average Bonchev–Trinajstić information content (AvgIpc) is 2.18. The molecule has 76 valence electrons. The molecule has 0 saturated heterocycles. The summed E-state index contributed by atoms with van der Waals surface area (Å²) in [5.41, 5.74) is 0. The third-order valence-corrected chi connectivity index (χ3v) is 2.73. The molecule has 1 rings (SSSR count). The summed E-state index contributed by atoms with van der Waals surface area (Å²) < 4.78 is 5.13. The minimum atomic E-state index is -0.00509. The fourth-order valence-electron chi connectivity index (χ4n) is 0.888. The Kier molecular flexibility index (Phi) is 3.83. The van der Waals surface area contributed by atoms with Gasteiger partial charge in [0.2, 0.25) is 0 Å². The van der Waals surface area contributed by atoms with Gasteiger partial charge in [-0.15, -0.1) is 0 Å². The highest BCUT2D eigenvalue weighted by Crippen LogP contribution is 2.29. The summed E-state index contributed by atoms with van der Waals surface area (Å²) in [4.78, 5) is 13.8. The van der Waals surface area contributed by atoms with Gasteiger partial charge in [-0.2, -0.15) is 0 Å². The van der Waals surface area contributed by atoms with Crippen LogP contribution < -0.4 is 4.74 Å². The molecule has 0 N–H and O–H groups in total. The van der Waals surface area contributed by atoms with Crippen LogP contribution in [0.1, 0.15) is 0 Å². The number of benzene rings is 1. The third-order valence-electron chi connectivity index (χ3n) is 1.63. The standard InChI is InChI=1S/C10H13NO2S/c1-11(2)10(12)14-9-7-5-4-6-8(9)13-3/h4-7H,1-3H3. The molecule has 0 bridgehead atoms. The van der Waals surface area contributed by atoms with Gasteiger partial charge < -0.3 is 9.64 Å². The first-order valence-electron chi connectivity index (χ1n) is 4.17. The van der Waals surface area contributed by atoms with Crippen molar-refractivity contribution in [3.8, 4) is 5.75 Å². The molecule has 1 aromatic carbocycles. The SMILES string of the molecule is COc1ccccc1SC(=O)N(C)C. The van der Waals surface area contributed by atoms with Crippen molar-refractivity contribution in [2.75, 3.05) is 21.2 Å². The first-order valence-corrected chi connectivity index (χ1v) is 4.99. The molecule has 0 radical (unpaired) electrons. The molecule has 0 heterocycles. The smallest absolute Gasteiger partial charge is 0.286 e. The number of ether oxygens (including phenoxy) is 1. The molecule has 0 saturated carbocycles. The lowest BCUT2D eigenvalue weighted by atomic mass is 10.3. The molecule has 1 amide bonds. The zero-order chi connectivity index (χ0) is 10.6. The van der Waals surface area contributed by atoms with Crippen molar-refractivity contribution in [1.29, 1.82) is 0 Å². The van der Waals surface area contributed by atoms with Crippen molar-refractivity contribution in [1.82, 2.24) is 4.90 Å². The van der Waals surface area contributed by atoms with Crippen LogP contribution in [0.5, 0.6) is 5.75 Å². The van der Waals surface area contributed by atoms with E-state index < -0.39 is 0 Å². The van der Waals surface area contributed by atoms with E-state index in [1.54, 1.807) is 21.2 Å². The lowest BCUT2D eigenvalue weighted by Gasteiger charge is -2.11. The van der Waals surface area contributed by atoms with Crippen LogP contribution in [0.2, 0.25) is 0 Å². The Morgan fingerprint density at radius 1 is 1.36 bits per heavy atom. The highest BCUT2D eigenvalue weighted by molar-refractivity contribution is 8.13. The number of thioether (sulfide) groups is 1. The summed E-state index contributed by atoms with van der Waals surface area (Å²) in [5.74, 6) is 0.729. The lowest BCUT2D eigenvalue weighted by Crippen LogP contribution is -2.16. The Hall–Kier alpha value is -1.16. The van der Waals surface area contributed by atoms with Gasteiger partial charge in [0, 0.05) is 14.1 Å². The highest BCUT2D eigenvalue weighted by atomic mass is 32.2. The molecule has 4 heteroatoms. The molecule has 1 aromatic rings. The van der Waals surface area contributed by atoms with Gasteiger partial charge in [-0.1, -0.05) is 12.1 Å². The normalized spacial score (nSPS) is 9.64. The van der Waals surface area contributed by atoms with Gasteiger partial charge >= 0.3 is 0 Å². The number of rotatable bonds is 2. The second-order valence-corrected chi connectivity index (χ2v) is 3.91. The van der Waals surface area contributed by atoms with Crippen molar-refractivity contribution in [3.63, 3.8) is 0 Å². The molecule has 0 atom stereocenters. The number of hydrogen-bond donors (Lipinski definition) is 0. The zero-order valence-electron chi connectivity index (χ0n) is 8.48. The van der Waals surface area contributed by atoms with Gasteiger partial charge in [-0.25, -0.2) is 0 Å². The van der Waals surface area contributed by atoms with Crippen molar-refractivity contribution in [2.45, 2.75) is 4.90 Å². The molecule has 0 aliphatic rings. The number of methoxy groups -OCH3 is 1. The van der Waals surface area contributed by atoms with E-state index in [0.717, 1.165) is 22.4 Å². The first kappa shape index (κ1) is 10.9. The van der Waals surface area contributed by atoms with Gasteiger partial charge in [-0.05, 0) is 23.9 Å². The highest BCUT2D eigenvalue weighted by Gasteiger charge is 2.09. The van der Waals surface area contributed by atoms with Crippen molar-refractivity contribution < 1.29 is 9.53 Å². The van der Waals surface area contributed by atoms with E-state index in [2.05, 4.69) is 0 Å². The summed E-state index contributed by atoms with van der Waals surface area (Å²) in [5, 5.41) is -0.00509. The Morgan fingerprint density at radius 2 is 2.00 bits per heavy atom. The molecular weight excluding hydrogens is 198 g/mol. The van der Waals surface area contributed by atoms with Crippen LogP contribution >= 0.6 is 11.8 Å². The fourth-order valence-corrected chi connectivity index (χ4v) is 1.66. The first-order chi connectivity index (χ1) is 6.65. The number of hydrogen-bond acceptors (Lipinski definition) is 3. The van der Waals surface area contributed by atoms with Gasteiger partial charge in [0.25, 0.3) is 5.24 Å². The average molecular weight is 211 g/mol. The third kappa shape index (κ3) is 2.67. The second kappa shape index (κ2) is 4.91. The number of carbonyl (C=O) groups excluding carboxylic acids is 1. The minimum Gasteiger partial charge on any atom is -0.496 e. The van der Waals surface area contributed by atoms with Crippen LogP contribution in [-0.4, -0.2) is 31.3 Å². The molecule has 0 unspecified atom stereocenters. The summed E-state index contributed by atoms with van der Waals surface area (Å²) in [6.45, 7) is 0. The van der Waals surface area contributed by atoms with Crippen LogP contribution in [-0.2, 0) is 0 Å². The topological polar surface area (TPSA) is 29.5 Å². The molecule has 0 fully saturated rings. The summed E-state index contributed by atoms with van der Waals surface area (Å²) in [6, 6.07) is 7.47. The second-order valence-electron chi connectivity index (χ2n) is 2.91. The van der Waals surface area contributed by atoms with E-state index in [0.29, 0.717) is 0 Å². The number of nitrogens with zero attached hydrogens (tertiary/aromatic N) is 1. The van der Waals surface area contributed by atoms with Crippen LogP contribution in [0.15, 0.2) is 29.2 Å². The van der Waals surface area contributed by atoms with Crippen molar-refractivity contribution in [3.05, 3.63) is 24.3 Å². The Bertz CT molecular complexity index is 326. The molecule has 14 heavy (non-hydrogen) atoms. The maximum Gasteiger partial charge on any atom is 0.286 e. The molecule has 0 aromatic heterocycles. The van der Waals surface area contributed by atoms with E-state index in [4.69, 9.17) is 4.74 Å².